The maximum absolute atomic E-state index is 9.92. The number of aliphatic hydroxyl groups excluding tert-OH is 1. The van der Waals surface area contributed by atoms with Crippen LogP contribution in [0, 0.1) is 5.92 Å². The molecule has 0 aromatic carbocycles. The van der Waals surface area contributed by atoms with Crippen LogP contribution in [-0.4, -0.2) is 23.9 Å². The van der Waals surface area contributed by atoms with Crippen LogP contribution in [-0.2, 0) is 4.74 Å². The second kappa shape index (κ2) is 6.41. The van der Waals surface area contributed by atoms with Gasteiger partial charge < -0.3 is 9.84 Å². The zero-order valence-electron chi connectivity index (χ0n) is 9.54. The van der Waals surface area contributed by atoms with Crippen LogP contribution in [0.2, 0.25) is 0 Å². The SMILES string of the molecule is CC(C)OCC(O)C1CCCCCC1. The fourth-order valence-electron chi connectivity index (χ4n) is 2.12. The maximum atomic E-state index is 9.92. The number of rotatable bonds is 4. The molecule has 2 nitrogen and oxygen atoms in total. The summed E-state index contributed by atoms with van der Waals surface area (Å²) in [5.41, 5.74) is 0. The molecular weight excluding hydrogens is 176 g/mol. The number of hydrogen-bond acceptors (Lipinski definition) is 2. The lowest BCUT2D eigenvalue weighted by atomic mass is 9.94. The van der Waals surface area contributed by atoms with E-state index in [-0.39, 0.29) is 12.2 Å². The molecular formula is C12H24O2. The second-order valence-corrected chi connectivity index (χ2v) is 4.70. The van der Waals surface area contributed by atoms with Gasteiger partial charge in [-0.3, -0.25) is 0 Å². The van der Waals surface area contributed by atoms with Crippen molar-refractivity contribution in [2.75, 3.05) is 6.61 Å². The first-order chi connectivity index (χ1) is 6.70. The summed E-state index contributed by atoms with van der Waals surface area (Å²) in [5.74, 6) is 0.483. The highest BCUT2D eigenvalue weighted by atomic mass is 16.5. The maximum Gasteiger partial charge on any atom is 0.0801 e. The molecule has 0 radical (unpaired) electrons. The molecule has 0 heterocycles. The molecule has 0 aliphatic heterocycles. The van der Waals surface area contributed by atoms with Crippen molar-refractivity contribution in [1.29, 1.82) is 0 Å². The average molecular weight is 200 g/mol. The normalized spacial score (nSPS) is 22.3. The number of aliphatic hydroxyl groups is 1. The van der Waals surface area contributed by atoms with Crippen LogP contribution in [0.15, 0.2) is 0 Å². The molecule has 1 aliphatic carbocycles. The topological polar surface area (TPSA) is 29.5 Å². The highest BCUT2D eigenvalue weighted by Gasteiger charge is 2.20. The molecule has 84 valence electrons. The molecule has 0 aromatic rings. The van der Waals surface area contributed by atoms with Gasteiger partial charge in [-0.15, -0.1) is 0 Å². The van der Waals surface area contributed by atoms with Crippen LogP contribution >= 0.6 is 0 Å². The van der Waals surface area contributed by atoms with Crippen molar-refractivity contribution in [2.24, 2.45) is 5.92 Å². The van der Waals surface area contributed by atoms with Gasteiger partial charge in [0.1, 0.15) is 0 Å². The Bertz CT molecular complexity index is 137. The molecule has 14 heavy (non-hydrogen) atoms. The Morgan fingerprint density at radius 1 is 1.14 bits per heavy atom. The van der Waals surface area contributed by atoms with Crippen molar-refractivity contribution >= 4 is 0 Å². The zero-order valence-corrected chi connectivity index (χ0v) is 9.54. The van der Waals surface area contributed by atoms with E-state index in [1.807, 2.05) is 13.8 Å². The minimum atomic E-state index is -0.240. The first kappa shape index (κ1) is 12.0. The van der Waals surface area contributed by atoms with Gasteiger partial charge in [0.15, 0.2) is 0 Å². The van der Waals surface area contributed by atoms with E-state index in [4.69, 9.17) is 4.74 Å². The fraction of sp³-hybridized carbons (Fsp3) is 1.00. The van der Waals surface area contributed by atoms with Gasteiger partial charge in [-0.25, -0.2) is 0 Å². The highest BCUT2D eigenvalue weighted by Crippen LogP contribution is 2.25. The monoisotopic (exact) mass is 200 g/mol. The zero-order chi connectivity index (χ0) is 10.4. The van der Waals surface area contributed by atoms with Gasteiger partial charge in [-0.05, 0) is 32.6 Å². The van der Waals surface area contributed by atoms with E-state index in [2.05, 4.69) is 0 Å². The first-order valence-corrected chi connectivity index (χ1v) is 6.00. The summed E-state index contributed by atoms with van der Waals surface area (Å²) in [7, 11) is 0. The van der Waals surface area contributed by atoms with Crippen molar-refractivity contribution in [3.63, 3.8) is 0 Å². The van der Waals surface area contributed by atoms with Gasteiger partial charge in [0.2, 0.25) is 0 Å². The quantitative estimate of drug-likeness (QED) is 0.707. The molecule has 1 fully saturated rings. The van der Waals surface area contributed by atoms with Crippen molar-refractivity contribution in [3.05, 3.63) is 0 Å². The minimum absolute atomic E-state index is 0.232. The predicted octanol–water partition coefficient (Wildman–Crippen LogP) is 2.74. The van der Waals surface area contributed by atoms with Gasteiger partial charge in [0, 0.05) is 0 Å². The van der Waals surface area contributed by atoms with Crippen molar-refractivity contribution < 1.29 is 9.84 Å². The molecule has 0 saturated heterocycles. The van der Waals surface area contributed by atoms with E-state index < -0.39 is 0 Å². The van der Waals surface area contributed by atoms with E-state index >= 15 is 0 Å². The van der Waals surface area contributed by atoms with Crippen LogP contribution in [0.3, 0.4) is 0 Å². The molecule has 1 N–H and O–H groups in total. The van der Waals surface area contributed by atoms with Crippen molar-refractivity contribution in [1.82, 2.24) is 0 Å². The van der Waals surface area contributed by atoms with Crippen molar-refractivity contribution in [2.45, 2.75) is 64.6 Å². The number of ether oxygens (including phenoxy) is 1. The first-order valence-electron chi connectivity index (χ1n) is 6.00. The molecule has 1 atom stereocenters. The van der Waals surface area contributed by atoms with Crippen LogP contribution in [0.1, 0.15) is 52.4 Å². The Morgan fingerprint density at radius 2 is 1.71 bits per heavy atom. The van der Waals surface area contributed by atoms with Gasteiger partial charge in [-0.2, -0.15) is 0 Å². The Kier molecular flexibility index (Phi) is 5.49. The fourth-order valence-corrected chi connectivity index (χ4v) is 2.12. The Hall–Kier alpha value is -0.0800. The van der Waals surface area contributed by atoms with Crippen LogP contribution in [0.4, 0.5) is 0 Å². The highest BCUT2D eigenvalue weighted by molar-refractivity contribution is 4.71. The molecule has 0 spiro atoms. The third kappa shape index (κ3) is 4.43. The average Bonchev–Trinajstić information content (AvgIpc) is 2.42. The van der Waals surface area contributed by atoms with Gasteiger partial charge in [0.05, 0.1) is 18.8 Å². The summed E-state index contributed by atoms with van der Waals surface area (Å²) in [6, 6.07) is 0. The molecule has 0 bridgehead atoms. The Labute approximate surface area is 87.7 Å². The molecule has 1 unspecified atom stereocenters. The summed E-state index contributed by atoms with van der Waals surface area (Å²) >= 11 is 0. The summed E-state index contributed by atoms with van der Waals surface area (Å²) in [4.78, 5) is 0. The molecule has 1 aliphatic rings. The summed E-state index contributed by atoms with van der Waals surface area (Å²) < 4.78 is 5.45. The molecule has 1 saturated carbocycles. The van der Waals surface area contributed by atoms with Crippen molar-refractivity contribution in [3.8, 4) is 0 Å². The third-order valence-corrected chi connectivity index (χ3v) is 3.04. The molecule has 1 rings (SSSR count). The summed E-state index contributed by atoms with van der Waals surface area (Å²) in [6.45, 7) is 4.54. The predicted molar refractivity (Wildman–Crippen MR) is 58.3 cm³/mol. The molecule has 2 heteroatoms. The lowest BCUT2D eigenvalue weighted by Crippen LogP contribution is -2.27. The van der Waals surface area contributed by atoms with Gasteiger partial charge >= 0.3 is 0 Å². The van der Waals surface area contributed by atoms with Crippen LogP contribution in [0.5, 0.6) is 0 Å². The van der Waals surface area contributed by atoms with E-state index in [0.717, 1.165) is 0 Å². The van der Waals surface area contributed by atoms with Crippen LogP contribution < -0.4 is 0 Å². The molecule has 0 amide bonds. The summed E-state index contributed by atoms with van der Waals surface area (Å²) in [6.07, 6.45) is 7.60. The Balaban J connectivity index is 2.23. The van der Waals surface area contributed by atoms with Gasteiger partial charge in [0.25, 0.3) is 0 Å². The van der Waals surface area contributed by atoms with E-state index in [1.54, 1.807) is 0 Å². The molecule has 0 aromatic heterocycles. The second-order valence-electron chi connectivity index (χ2n) is 4.70. The lowest BCUT2D eigenvalue weighted by Gasteiger charge is -2.22. The van der Waals surface area contributed by atoms with Gasteiger partial charge in [-0.1, -0.05) is 25.7 Å². The Morgan fingerprint density at radius 3 is 2.21 bits per heavy atom. The van der Waals surface area contributed by atoms with E-state index in [0.29, 0.717) is 12.5 Å². The smallest absolute Gasteiger partial charge is 0.0801 e. The lowest BCUT2D eigenvalue weighted by molar-refractivity contribution is -0.0224. The number of hydrogen-bond donors (Lipinski definition) is 1. The standard InChI is InChI=1S/C12H24O2/c1-10(2)14-9-12(13)11-7-5-3-4-6-8-11/h10-13H,3-9H2,1-2H3. The minimum Gasteiger partial charge on any atom is -0.390 e. The third-order valence-electron chi connectivity index (χ3n) is 3.04. The van der Waals surface area contributed by atoms with E-state index in [1.165, 1.54) is 38.5 Å². The largest absolute Gasteiger partial charge is 0.390 e. The van der Waals surface area contributed by atoms with E-state index in [9.17, 15) is 5.11 Å². The summed E-state index contributed by atoms with van der Waals surface area (Å²) in [5, 5.41) is 9.92. The van der Waals surface area contributed by atoms with Crippen LogP contribution in [0.25, 0.3) is 0 Å².